The van der Waals surface area contributed by atoms with Gasteiger partial charge in [0.25, 0.3) is 5.91 Å². The van der Waals surface area contributed by atoms with Crippen LogP contribution in [-0.4, -0.2) is 43.9 Å². The quantitative estimate of drug-likeness (QED) is 0.264. The van der Waals surface area contributed by atoms with Crippen LogP contribution in [0.5, 0.6) is 5.75 Å². The minimum atomic E-state index is -1.12. The van der Waals surface area contributed by atoms with Crippen LogP contribution in [0.4, 0.5) is 18.9 Å². The number of amides is 2. The van der Waals surface area contributed by atoms with Crippen LogP contribution in [0.1, 0.15) is 71.2 Å². The standard InChI is InChI=1S/C29H28F3N7O4/c1-12(24-26(28(33)41)39-43-38-24)6-15-9-29(15)11-42-27-17(4-5-19(30)23(27)32)18(29)8-21(40)35-16-7-20(31)25(34-10-16)22-13(2)36-37-14(22)3/h4-5,7,10,12,15,18H,6,8-9,11H2,1-3H3,(H2,33,41)(H,35,40)(H,36,37). The fourth-order valence-corrected chi connectivity index (χ4v) is 6.44. The van der Waals surface area contributed by atoms with Crippen LogP contribution in [0.3, 0.4) is 0 Å². The molecule has 1 fully saturated rings. The van der Waals surface area contributed by atoms with Gasteiger partial charge in [-0.2, -0.15) is 9.49 Å². The third-order valence-electron chi connectivity index (χ3n) is 8.65. The van der Waals surface area contributed by atoms with E-state index in [1.54, 1.807) is 13.8 Å². The van der Waals surface area contributed by atoms with Crippen molar-refractivity contribution in [2.24, 2.45) is 17.1 Å². The number of primary amides is 1. The summed E-state index contributed by atoms with van der Waals surface area (Å²) >= 11 is 0. The van der Waals surface area contributed by atoms with Crippen molar-refractivity contribution in [2.45, 2.75) is 51.9 Å². The zero-order valence-corrected chi connectivity index (χ0v) is 23.5. The molecule has 4 atom stereocenters. The van der Waals surface area contributed by atoms with Crippen molar-refractivity contribution < 1.29 is 32.1 Å². The van der Waals surface area contributed by atoms with E-state index in [4.69, 9.17) is 15.1 Å². The highest BCUT2D eigenvalue weighted by Crippen LogP contribution is 2.67. The number of aromatic amines is 1. The molecular weight excluding hydrogens is 567 g/mol. The molecule has 0 bridgehead atoms. The van der Waals surface area contributed by atoms with Crippen LogP contribution in [0.15, 0.2) is 29.0 Å². The number of anilines is 1. The molecule has 0 radical (unpaired) electrons. The molecule has 4 aromatic rings. The minimum absolute atomic E-state index is 0.0150. The second kappa shape index (κ2) is 10.5. The molecule has 2 amide bonds. The van der Waals surface area contributed by atoms with Gasteiger partial charge in [0.1, 0.15) is 11.4 Å². The minimum Gasteiger partial charge on any atom is -0.489 e. The van der Waals surface area contributed by atoms with Gasteiger partial charge in [0.2, 0.25) is 11.7 Å². The first-order valence-electron chi connectivity index (χ1n) is 13.7. The molecular formula is C29H28F3N7O4. The smallest absolute Gasteiger partial charge is 0.272 e. The number of halogens is 3. The van der Waals surface area contributed by atoms with Crippen molar-refractivity contribution in [1.82, 2.24) is 25.5 Å². The molecule has 2 aliphatic rings. The number of hydrogen-bond donors (Lipinski definition) is 3. The molecule has 1 saturated carbocycles. The number of carbonyl (C=O) groups excluding carboxylic acids is 2. The van der Waals surface area contributed by atoms with E-state index in [-0.39, 0.29) is 47.7 Å². The molecule has 4 heterocycles. The van der Waals surface area contributed by atoms with E-state index < -0.39 is 40.6 Å². The van der Waals surface area contributed by atoms with Crippen molar-refractivity contribution >= 4 is 17.5 Å². The molecule has 14 heteroatoms. The summed E-state index contributed by atoms with van der Waals surface area (Å²) in [5.74, 6) is -5.07. The van der Waals surface area contributed by atoms with Crippen molar-refractivity contribution in [2.75, 3.05) is 11.9 Å². The summed E-state index contributed by atoms with van der Waals surface area (Å²) < 4.78 is 54.4. The van der Waals surface area contributed by atoms with Gasteiger partial charge in [-0.25, -0.2) is 13.4 Å². The third-order valence-corrected chi connectivity index (χ3v) is 8.65. The van der Waals surface area contributed by atoms with Crippen molar-refractivity contribution in [3.8, 4) is 17.0 Å². The summed E-state index contributed by atoms with van der Waals surface area (Å²) in [6, 6.07) is 3.63. The number of nitrogens with zero attached hydrogens (tertiary/aromatic N) is 4. The number of ether oxygens (including phenoxy) is 1. The van der Waals surface area contributed by atoms with E-state index in [2.05, 4.69) is 30.8 Å². The first-order chi connectivity index (χ1) is 20.5. The first-order valence-corrected chi connectivity index (χ1v) is 13.7. The predicted octanol–water partition coefficient (Wildman–Crippen LogP) is 4.69. The molecule has 1 aliphatic carbocycles. The summed E-state index contributed by atoms with van der Waals surface area (Å²) in [6.45, 7) is 5.40. The predicted molar refractivity (Wildman–Crippen MR) is 145 cm³/mol. The molecule has 224 valence electrons. The summed E-state index contributed by atoms with van der Waals surface area (Å²) in [4.78, 5) is 29.3. The maximum atomic E-state index is 15.1. The van der Waals surface area contributed by atoms with Gasteiger partial charge in [0.05, 0.1) is 24.2 Å². The Morgan fingerprint density at radius 2 is 2.00 bits per heavy atom. The average molecular weight is 596 g/mol. The highest BCUT2D eigenvalue weighted by Gasteiger charge is 2.62. The fourth-order valence-electron chi connectivity index (χ4n) is 6.44. The third kappa shape index (κ3) is 4.89. The molecule has 6 rings (SSSR count). The zero-order valence-electron chi connectivity index (χ0n) is 23.5. The van der Waals surface area contributed by atoms with Gasteiger partial charge in [-0.1, -0.05) is 18.1 Å². The Morgan fingerprint density at radius 1 is 1.21 bits per heavy atom. The second-order valence-electron chi connectivity index (χ2n) is 11.4. The van der Waals surface area contributed by atoms with Gasteiger partial charge in [0.15, 0.2) is 23.1 Å². The lowest BCUT2D eigenvalue weighted by molar-refractivity contribution is -0.117. The van der Waals surface area contributed by atoms with Crippen molar-refractivity contribution in [1.29, 1.82) is 0 Å². The first kappa shape index (κ1) is 28.4. The summed E-state index contributed by atoms with van der Waals surface area (Å²) in [6.07, 6.45) is 2.40. The molecule has 0 saturated heterocycles. The topological polar surface area (TPSA) is 162 Å². The van der Waals surface area contributed by atoms with E-state index in [9.17, 15) is 18.4 Å². The fraction of sp³-hybridized carbons (Fsp3) is 0.379. The number of H-pyrrole nitrogens is 1. The lowest BCUT2D eigenvalue weighted by atomic mass is 9.76. The maximum absolute atomic E-state index is 15.1. The summed E-state index contributed by atoms with van der Waals surface area (Å²) in [7, 11) is 0. The normalized spacial score (nSPS) is 21.3. The molecule has 43 heavy (non-hydrogen) atoms. The number of pyridine rings is 1. The van der Waals surface area contributed by atoms with Crippen LogP contribution >= 0.6 is 0 Å². The van der Waals surface area contributed by atoms with Gasteiger partial charge in [-0.3, -0.25) is 19.7 Å². The number of rotatable bonds is 8. The Bertz CT molecular complexity index is 1740. The molecule has 1 aromatic carbocycles. The number of fused-ring (bicyclic) bond motifs is 1. The zero-order chi connectivity index (χ0) is 30.6. The largest absolute Gasteiger partial charge is 0.489 e. The number of nitrogens with two attached hydrogens (primary N) is 1. The average Bonchev–Trinajstić information content (AvgIpc) is 3.26. The van der Waals surface area contributed by atoms with Crippen molar-refractivity contribution in [3.63, 3.8) is 0 Å². The summed E-state index contributed by atoms with van der Waals surface area (Å²) in [5.41, 5.74) is 7.52. The highest BCUT2D eigenvalue weighted by molar-refractivity contribution is 5.92. The van der Waals surface area contributed by atoms with Crippen LogP contribution in [0.2, 0.25) is 0 Å². The van der Waals surface area contributed by atoms with Crippen molar-refractivity contribution in [3.05, 3.63) is 70.2 Å². The van der Waals surface area contributed by atoms with Gasteiger partial charge >= 0.3 is 0 Å². The van der Waals surface area contributed by atoms with Crippen LogP contribution < -0.4 is 15.8 Å². The monoisotopic (exact) mass is 595 g/mol. The highest BCUT2D eigenvalue weighted by atomic mass is 19.2. The Balaban J connectivity index is 1.24. The van der Waals surface area contributed by atoms with E-state index in [1.165, 1.54) is 18.3 Å². The van der Waals surface area contributed by atoms with E-state index in [0.717, 1.165) is 6.07 Å². The molecule has 4 N–H and O–H groups in total. The SMILES string of the molecule is Cc1n[nH]c(C)c1-c1ncc(NC(=O)CC2c3ccc(F)c(F)c3OCC23CC3CC(C)c2nonc2C(N)=O)cc1F. The molecule has 1 spiro atoms. The Labute approximate surface area is 243 Å². The number of hydrogen-bond acceptors (Lipinski definition) is 8. The molecule has 11 nitrogen and oxygen atoms in total. The van der Waals surface area contributed by atoms with Crippen LogP contribution in [0.25, 0.3) is 11.3 Å². The van der Waals surface area contributed by atoms with Gasteiger partial charge in [-0.05, 0) is 43.8 Å². The number of benzene rings is 1. The van der Waals surface area contributed by atoms with E-state index >= 15 is 4.39 Å². The second-order valence-corrected chi connectivity index (χ2v) is 11.4. The Morgan fingerprint density at radius 3 is 2.70 bits per heavy atom. The number of aryl methyl sites for hydroxylation is 2. The molecule has 1 aliphatic heterocycles. The number of carbonyl (C=O) groups is 2. The molecule has 3 aromatic heterocycles. The summed E-state index contributed by atoms with van der Waals surface area (Å²) in [5, 5.41) is 17.0. The van der Waals surface area contributed by atoms with E-state index in [1.807, 2.05) is 6.92 Å². The van der Waals surface area contributed by atoms with E-state index in [0.29, 0.717) is 41.1 Å². The van der Waals surface area contributed by atoms with Crippen LogP contribution in [-0.2, 0) is 4.79 Å². The van der Waals surface area contributed by atoms with Gasteiger partial charge in [-0.15, -0.1) is 0 Å². The number of aromatic nitrogens is 5. The number of nitrogens with one attached hydrogen (secondary N) is 2. The lowest BCUT2D eigenvalue weighted by Gasteiger charge is -2.35. The maximum Gasteiger partial charge on any atom is 0.272 e. The lowest BCUT2D eigenvalue weighted by Crippen LogP contribution is -2.33. The Hall–Kier alpha value is -4.75. The Kier molecular flexibility index (Phi) is 6.93. The van der Waals surface area contributed by atoms with Gasteiger partial charge in [0, 0.05) is 46.6 Å². The van der Waals surface area contributed by atoms with Gasteiger partial charge < -0.3 is 15.8 Å². The molecule has 4 unspecified atom stereocenters. The van der Waals surface area contributed by atoms with Crippen LogP contribution in [0, 0.1) is 42.6 Å².